The van der Waals surface area contributed by atoms with E-state index >= 15 is 0 Å². The van der Waals surface area contributed by atoms with E-state index < -0.39 is 35.8 Å². The SMILES string of the molecule is CC(=O)N(CC(=O)Nc1ccc(F)cc1F)c1ccccc1F. The first-order valence-corrected chi connectivity index (χ1v) is 6.66. The summed E-state index contributed by atoms with van der Waals surface area (Å²) in [5.74, 6) is -3.68. The van der Waals surface area contributed by atoms with Gasteiger partial charge in [0, 0.05) is 13.0 Å². The second kappa shape index (κ2) is 6.95. The van der Waals surface area contributed by atoms with Gasteiger partial charge in [0.2, 0.25) is 11.8 Å². The Bertz CT molecular complexity index is 750. The van der Waals surface area contributed by atoms with Crippen LogP contribution >= 0.6 is 0 Å². The average Bonchev–Trinajstić information content (AvgIpc) is 2.48. The number of anilines is 2. The molecule has 0 bridgehead atoms. The van der Waals surface area contributed by atoms with Crippen molar-refractivity contribution < 1.29 is 22.8 Å². The molecule has 0 radical (unpaired) electrons. The summed E-state index contributed by atoms with van der Waals surface area (Å²) in [6, 6.07) is 8.14. The number of benzene rings is 2. The summed E-state index contributed by atoms with van der Waals surface area (Å²) in [6.45, 7) is 0.672. The highest BCUT2D eigenvalue weighted by Gasteiger charge is 2.19. The number of hydrogen-bond donors (Lipinski definition) is 1. The third-order valence-corrected chi connectivity index (χ3v) is 3.03. The van der Waals surface area contributed by atoms with E-state index in [1.165, 1.54) is 25.1 Å². The van der Waals surface area contributed by atoms with Crippen LogP contribution in [0.5, 0.6) is 0 Å². The lowest BCUT2D eigenvalue weighted by Gasteiger charge is -2.21. The van der Waals surface area contributed by atoms with Crippen molar-refractivity contribution in [3.05, 3.63) is 59.9 Å². The van der Waals surface area contributed by atoms with Gasteiger partial charge in [-0.05, 0) is 24.3 Å². The molecule has 0 aliphatic carbocycles. The minimum absolute atomic E-state index is 0.0604. The van der Waals surface area contributed by atoms with E-state index in [1.54, 1.807) is 0 Å². The fourth-order valence-corrected chi connectivity index (χ4v) is 1.96. The predicted octanol–water partition coefficient (Wildman–Crippen LogP) is 3.10. The fraction of sp³-hybridized carbons (Fsp3) is 0.125. The molecular weight excluding hydrogens is 309 g/mol. The Morgan fingerprint density at radius 3 is 2.35 bits per heavy atom. The Morgan fingerprint density at radius 2 is 1.74 bits per heavy atom. The zero-order chi connectivity index (χ0) is 17.0. The van der Waals surface area contributed by atoms with E-state index in [-0.39, 0.29) is 11.4 Å². The van der Waals surface area contributed by atoms with E-state index in [4.69, 9.17) is 0 Å². The summed E-state index contributed by atoms with van der Waals surface area (Å²) in [7, 11) is 0. The van der Waals surface area contributed by atoms with Gasteiger partial charge in [0.15, 0.2) is 0 Å². The molecular formula is C16H13F3N2O2. The van der Waals surface area contributed by atoms with Crippen LogP contribution in [0.1, 0.15) is 6.92 Å². The Labute approximate surface area is 130 Å². The van der Waals surface area contributed by atoms with Gasteiger partial charge in [0.05, 0.1) is 11.4 Å². The zero-order valence-electron chi connectivity index (χ0n) is 12.1. The lowest BCUT2D eigenvalue weighted by Crippen LogP contribution is -2.37. The van der Waals surface area contributed by atoms with Crippen molar-refractivity contribution in [2.45, 2.75) is 6.92 Å². The quantitative estimate of drug-likeness (QED) is 0.940. The van der Waals surface area contributed by atoms with Crippen LogP contribution in [0.15, 0.2) is 42.5 Å². The van der Waals surface area contributed by atoms with Crippen molar-refractivity contribution >= 4 is 23.2 Å². The van der Waals surface area contributed by atoms with Crippen molar-refractivity contribution in [2.75, 3.05) is 16.8 Å². The Hall–Kier alpha value is -2.83. The second-order valence-electron chi connectivity index (χ2n) is 4.73. The lowest BCUT2D eigenvalue weighted by atomic mass is 10.2. The smallest absolute Gasteiger partial charge is 0.244 e. The van der Waals surface area contributed by atoms with Gasteiger partial charge in [0.25, 0.3) is 0 Å². The van der Waals surface area contributed by atoms with Crippen molar-refractivity contribution in [3.63, 3.8) is 0 Å². The number of halogens is 3. The Morgan fingerprint density at radius 1 is 1.04 bits per heavy atom. The molecule has 0 spiro atoms. The second-order valence-corrected chi connectivity index (χ2v) is 4.73. The van der Waals surface area contributed by atoms with E-state index in [1.807, 2.05) is 0 Å². The van der Waals surface area contributed by atoms with Crippen LogP contribution in [0, 0.1) is 17.5 Å². The summed E-state index contributed by atoms with van der Waals surface area (Å²) in [4.78, 5) is 24.5. The van der Waals surface area contributed by atoms with Gasteiger partial charge >= 0.3 is 0 Å². The number of rotatable bonds is 4. The first kappa shape index (κ1) is 16.5. The molecule has 23 heavy (non-hydrogen) atoms. The average molecular weight is 322 g/mol. The van der Waals surface area contributed by atoms with Crippen molar-refractivity contribution in [1.29, 1.82) is 0 Å². The molecule has 0 unspecified atom stereocenters. The molecule has 2 aromatic rings. The van der Waals surface area contributed by atoms with Crippen LogP contribution in [0.25, 0.3) is 0 Å². The normalized spacial score (nSPS) is 10.3. The predicted molar refractivity (Wildman–Crippen MR) is 79.4 cm³/mol. The molecule has 0 aliphatic rings. The standard InChI is InChI=1S/C16H13F3N2O2/c1-10(22)21(15-5-3-2-4-12(15)18)9-16(23)20-14-7-6-11(17)8-13(14)19/h2-8H,9H2,1H3,(H,20,23). The maximum Gasteiger partial charge on any atom is 0.244 e. The van der Waals surface area contributed by atoms with Crippen LogP contribution in [-0.2, 0) is 9.59 Å². The minimum Gasteiger partial charge on any atom is -0.322 e. The number of nitrogens with one attached hydrogen (secondary N) is 1. The van der Waals surface area contributed by atoms with Crippen LogP contribution < -0.4 is 10.2 Å². The molecule has 7 heteroatoms. The molecule has 0 saturated heterocycles. The topological polar surface area (TPSA) is 49.4 Å². The van der Waals surface area contributed by atoms with Crippen LogP contribution in [0.4, 0.5) is 24.5 Å². The van der Waals surface area contributed by atoms with E-state index in [0.717, 1.165) is 23.1 Å². The monoisotopic (exact) mass is 322 g/mol. The molecule has 0 fully saturated rings. The van der Waals surface area contributed by atoms with Crippen molar-refractivity contribution in [2.24, 2.45) is 0 Å². The van der Waals surface area contributed by atoms with Crippen LogP contribution in [-0.4, -0.2) is 18.4 Å². The number of amides is 2. The van der Waals surface area contributed by atoms with Crippen LogP contribution in [0.3, 0.4) is 0 Å². The highest BCUT2D eigenvalue weighted by Crippen LogP contribution is 2.19. The minimum atomic E-state index is -0.946. The molecule has 4 nitrogen and oxygen atoms in total. The highest BCUT2D eigenvalue weighted by atomic mass is 19.1. The highest BCUT2D eigenvalue weighted by molar-refractivity contribution is 6.01. The van der Waals surface area contributed by atoms with Gasteiger partial charge in [-0.15, -0.1) is 0 Å². The molecule has 0 heterocycles. The number of carbonyl (C=O) groups excluding carboxylic acids is 2. The summed E-state index contributed by atoms with van der Waals surface area (Å²) in [6.07, 6.45) is 0. The Balaban J connectivity index is 2.16. The molecule has 0 atom stereocenters. The Kier molecular flexibility index (Phi) is 5.00. The number of nitrogens with zero attached hydrogens (tertiary/aromatic N) is 1. The van der Waals surface area contributed by atoms with Gasteiger partial charge in [0.1, 0.15) is 24.0 Å². The number of hydrogen-bond acceptors (Lipinski definition) is 2. The van der Waals surface area contributed by atoms with Gasteiger partial charge < -0.3 is 10.2 Å². The third-order valence-electron chi connectivity index (χ3n) is 3.03. The molecule has 120 valence electrons. The van der Waals surface area contributed by atoms with E-state index in [0.29, 0.717) is 6.07 Å². The molecule has 1 N–H and O–H groups in total. The van der Waals surface area contributed by atoms with Crippen LogP contribution in [0.2, 0.25) is 0 Å². The van der Waals surface area contributed by atoms with Crippen molar-refractivity contribution in [3.8, 4) is 0 Å². The maximum absolute atomic E-state index is 13.8. The molecule has 2 aromatic carbocycles. The van der Waals surface area contributed by atoms with Gasteiger partial charge in [-0.2, -0.15) is 0 Å². The maximum atomic E-state index is 13.8. The van der Waals surface area contributed by atoms with Gasteiger partial charge in [-0.3, -0.25) is 9.59 Å². The first-order chi connectivity index (χ1) is 10.9. The molecule has 0 aliphatic heterocycles. The molecule has 0 aromatic heterocycles. The number of carbonyl (C=O) groups is 2. The summed E-state index contributed by atoms with van der Waals surface area (Å²) in [5, 5.41) is 2.22. The van der Waals surface area contributed by atoms with E-state index in [2.05, 4.69) is 5.32 Å². The largest absolute Gasteiger partial charge is 0.322 e. The lowest BCUT2D eigenvalue weighted by molar-refractivity contribution is -0.120. The summed E-state index contributed by atoms with van der Waals surface area (Å²) in [5.41, 5.74) is -0.289. The summed E-state index contributed by atoms with van der Waals surface area (Å²) < 4.78 is 40.1. The van der Waals surface area contributed by atoms with Gasteiger partial charge in [-0.25, -0.2) is 13.2 Å². The molecule has 0 saturated carbocycles. The summed E-state index contributed by atoms with van der Waals surface area (Å²) >= 11 is 0. The van der Waals surface area contributed by atoms with Crippen molar-refractivity contribution in [1.82, 2.24) is 0 Å². The number of para-hydroxylation sites is 1. The zero-order valence-corrected chi connectivity index (χ0v) is 12.1. The van der Waals surface area contributed by atoms with Gasteiger partial charge in [-0.1, -0.05) is 12.1 Å². The fourth-order valence-electron chi connectivity index (χ4n) is 1.96. The van der Waals surface area contributed by atoms with E-state index in [9.17, 15) is 22.8 Å². The third kappa shape index (κ3) is 4.09. The first-order valence-electron chi connectivity index (χ1n) is 6.66. The molecule has 2 rings (SSSR count). The molecule has 2 amide bonds.